The summed E-state index contributed by atoms with van der Waals surface area (Å²) in [6, 6.07) is 0. The van der Waals surface area contributed by atoms with Crippen LogP contribution in [0.4, 0.5) is 5.82 Å². The fourth-order valence-corrected chi connectivity index (χ4v) is 1.07. The monoisotopic (exact) mass is 210 g/mol. The molecule has 1 heterocycles. The quantitative estimate of drug-likeness (QED) is 0.718. The van der Waals surface area contributed by atoms with Crippen LogP contribution in [0.1, 0.15) is 12.5 Å². The summed E-state index contributed by atoms with van der Waals surface area (Å²) in [5, 5.41) is 2.81. The van der Waals surface area contributed by atoms with Crippen LogP contribution in [-0.4, -0.2) is 29.0 Å². The molecule has 82 valence electrons. The third-order valence-corrected chi connectivity index (χ3v) is 1.75. The number of nitrogens with one attached hydrogen (secondary N) is 1. The maximum atomic E-state index is 10.6. The predicted octanol–water partition coefficient (Wildman–Crippen LogP) is 0.0809. The van der Waals surface area contributed by atoms with Gasteiger partial charge in [-0.2, -0.15) is 0 Å². The summed E-state index contributed by atoms with van der Waals surface area (Å²) in [4.78, 5) is 18.5. The van der Waals surface area contributed by atoms with Gasteiger partial charge in [-0.25, -0.2) is 9.97 Å². The Labute approximate surface area is 87.9 Å². The molecular weight excluding hydrogens is 196 g/mol. The molecule has 0 aliphatic heterocycles. The molecule has 0 bridgehead atoms. The number of nitrogens with zero attached hydrogens (tertiary/aromatic N) is 2. The van der Waals surface area contributed by atoms with E-state index in [4.69, 9.17) is 10.5 Å². The molecule has 0 aliphatic rings. The van der Waals surface area contributed by atoms with Gasteiger partial charge in [0.1, 0.15) is 12.1 Å². The number of nitrogens with two attached hydrogens (primary N) is 1. The third kappa shape index (κ3) is 3.08. The standard InChI is InChI=1S/C9H14N4O2/c1-3-15-9-6(2)8(12-5-13-9)11-4-7(10)14/h5H,3-4H2,1-2H3,(H2,10,14)(H,11,12,13). The maximum Gasteiger partial charge on any atom is 0.236 e. The number of aromatic nitrogens is 2. The van der Waals surface area contributed by atoms with Crippen LogP contribution < -0.4 is 15.8 Å². The van der Waals surface area contributed by atoms with Gasteiger partial charge in [-0.15, -0.1) is 0 Å². The number of amides is 1. The molecular formula is C9H14N4O2. The van der Waals surface area contributed by atoms with Gasteiger partial charge in [0.2, 0.25) is 11.8 Å². The maximum absolute atomic E-state index is 10.6. The highest BCUT2D eigenvalue weighted by Gasteiger charge is 2.07. The van der Waals surface area contributed by atoms with Crippen molar-refractivity contribution in [1.29, 1.82) is 0 Å². The molecule has 0 radical (unpaired) electrons. The lowest BCUT2D eigenvalue weighted by atomic mass is 10.3. The third-order valence-electron chi connectivity index (χ3n) is 1.75. The zero-order chi connectivity index (χ0) is 11.3. The van der Waals surface area contributed by atoms with Crippen LogP contribution in [0.5, 0.6) is 5.88 Å². The molecule has 1 amide bonds. The second-order valence-electron chi connectivity index (χ2n) is 2.91. The molecule has 0 unspecified atom stereocenters. The van der Waals surface area contributed by atoms with E-state index in [-0.39, 0.29) is 6.54 Å². The predicted molar refractivity (Wildman–Crippen MR) is 55.6 cm³/mol. The van der Waals surface area contributed by atoms with Gasteiger partial charge >= 0.3 is 0 Å². The Hall–Kier alpha value is -1.85. The van der Waals surface area contributed by atoms with E-state index in [9.17, 15) is 4.79 Å². The van der Waals surface area contributed by atoms with Gasteiger partial charge in [-0.05, 0) is 13.8 Å². The number of anilines is 1. The van der Waals surface area contributed by atoms with Gasteiger partial charge in [-0.3, -0.25) is 4.79 Å². The average Bonchev–Trinajstić information content (AvgIpc) is 2.19. The number of hydrogen-bond donors (Lipinski definition) is 2. The van der Waals surface area contributed by atoms with Crippen LogP contribution in [0.15, 0.2) is 6.33 Å². The lowest BCUT2D eigenvalue weighted by molar-refractivity contribution is -0.116. The molecule has 0 fully saturated rings. The molecule has 0 atom stereocenters. The minimum Gasteiger partial charge on any atom is -0.478 e. The van der Waals surface area contributed by atoms with Crippen LogP contribution in [0, 0.1) is 6.92 Å². The average molecular weight is 210 g/mol. The van der Waals surface area contributed by atoms with E-state index in [0.717, 1.165) is 5.56 Å². The van der Waals surface area contributed by atoms with E-state index >= 15 is 0 Å². The Morgan fingerprint density at radius 1 is 1.60 bits per heavy atom. The lowest BCUT2D eigenvalue weighted by Gasteiger charge is -2.09. The van der Waals surface area contributed by atoms with E-state index in [1.807, 2.05) is 13.8 Å². The van der Waals surface area contributed by atoms with E-state index in [0.29, 0.717) is 18.3 Å². The highest BCUT2D eigenvalue weighted by Crippen LogP contribution is 2.19. The number of carbonyl (C=O) groups excluding carboxylic acids is 1. The van der Waals surface area contributed by atoms with Crippen LogP contribution >= 0.6 is 0 Å². The largest absolute Gasteiger partial charge is 0.478 e. The Morgan fingerprint density at radius 3 is 2.93 bits per heavy atom. The molecule has 1 rings (SSSR count). The van der Waals surface area contributed by atoms with Crippen LogP contribution in [-0.2, 0) is 4.79 Å². The minimum atomic E-state index is -0.439. The fraction of sp³-hybridized carbons (Fsp3) is 0.444. The first kappa shape index (κ1) is 11.2. The number of ether oxygens (including phenoxy) is 1. The highest BCUT2D eigenvalue weighted by atomic mass is 16.5. The smallest absolute Gasteiger partial charge is 0.236 e. The number of rotatable bonds is 5. The summed E-state index contributed by atoms with van der Waals surface area (Å²) >= 11 is 0. The number of primary amides is 1. The van der Waals surface area contributed by atoms with E-state index < -0.39 is 5.91 Å². The number of hydrogen-bond acceptors (Lipinski definition) is 5. The minimum absolute atomic E-state index is 0.0451. The SMILES string of the molecule is CCOc1ncnc(NCC(N)=O)c1C. The van der Waals surface area contributed by atoms with Crippen LogP contribution in [0.25, 0.3) is 0 Å². The lowest BCUT2D eigenvalue weighted by Crippen LogP contribution is -2.22. The van der Waals surface area contributed by atoms with Crippen LogP contribution in [0.3, 0.4) is 0 Å². The molecule has 6 heteroatoms. The topological polar surface area (TPSA) is 90.1 Å². The summed E-state index contributed by atoms with van der Waals surface area (Å²) in [6.07, 6.45) is 1.38. The van der Waals surface area contributed by atoms with Crippen molar-refractivity contribution in [2.24, 2.45) is 5.73 Å². The Kier molecular flexibility index (Phi) is 3.84. The molecule has 15 heavy (non-hydrogen) atoms. The van der Waals surface area contributed by atoms with Gasteiger partial charge in [-0.1, -0.05) is 0 Å². The Morgan fingerprint density at radius 2 is 2.33 bits per heavy atom. The number of carbonyl (C=O) groups is 1. The van der Waals surface area contributed by atoms with Gasteiger partial charge in [0.25, 0.3) is 0 Å². The van der Waals surface area contributed by atoms with Crippen molar-refractivity contribution in [3.8, 4) is 5.88 Å². The summed E-state index contributed by atoms with van der Waals surface area (Å²) in [5.74, 6) is 0.637. The van der Waals surface area contributed by atoms with E-state index in [1.54, 1.807) is 0 Å². The zero-order valence-electron chi connectivity index (χ0n) is 8.78. The van der Waals surface area contributed by atoms with Crippen molar-refractivity contribution >= 4 is 11.7 Å². The Balaban J connectivity index is 2.79. The molecule has 0 saturated carbocycles. The Bertz CT molecular complexity index is 354. The van der Waals surface area contributed by atoms with Crippen LogP contribution in [0.2, 0.25) is 0 Å². The van der Waals surface area contributed by atoms with E-state index in [1.165, 1.54) is 6.33 Å². The highest BCUT2D eigenvalue weighted by molar-refractivity contribution is 5.78. The molecule has 0 aliphatic carbocycles. The molecule has 1 aromatic heterocycles. The van der Waals surface area contributed by atoms with Gasteiger partial charge in [0, 0.05) is 0 Å². The second kappa shape index (κ2) is 5.14. The van der Waals surface area contributed by atoms with Crippen molar-refractivity contribution in [3.05, 3.63) is 11.9 Å². The summed E-state index contributed by atoms with van der Waals surface area (Å²) in [6.45, 7) is 4.27. The molecule has 0 saturated heterocycles. The van der Waals surface area contributed by atoms with Crippen molar-refractivity contribution in [1.82, 2.24) is 9.97 Å². The first-order valence-corrected chi connectivity index (χ1v) is 4.61. The summed E-state index contributed by atoms with van der Waals surface area (Å²) < 4.78 is 5.28. The normalized spacial score (nSPS) is 9.73. The van der Waals surface area contributed by atoms with E-state index in [2.05, 4.69) is 15.3 Å². The fourth-order valence-electron chi connectivity index (χ4n) is 1.07. The molecule has 6 nitrogen and oxygen atoms in total. The molecule has 0 aromatic carbocycles. The summed E-state index contributed by atoms with van der Waals surface area (Å²) in [5.41, 5.74) is 5.78. The zero-order valence-corrected chi connectivity index (χ0v) is 8.78. The van der Waals surface area contributed by atoms with Gasteiger partial charge in [0.05, 0.1) is 18.7 Å². The molecule has 3 N–H and O–H groups in total. The van der Waals surface area contributed by atoms with Gasteiger partial charge < -0.3 is 15.8 Å². The van der Waals surface area contributed by atoms with Crippen molar-refractivity contribution in [2.45, 2.75) is 13.8 Å². The first-order chi connectivity index (χ1) is 7.15. The van der Waals surface area contributed by atoms with Crippen molar-refractivity contribution < 1.29 is 9.53 Å². The first-order valence-electron chi connectivity index (χ1n) is 4.61. The van der Waals surface area contributed by atoms with Crippen molar-refractivity contribution in [2.75, 3.05) is 18.5 Å². The van der Waals surface area contributed by atoms with Crippen molar-refractivity contribution in [3.63, 3.8) is 0 Å². The summed E-state index contributed by atoms with van der Waals surface area (Å²) in [7, 11) is 0. The van der Waals surface area contributed by atoms with Gasteiger partial charge in [0.15, 0.2) is 0 Å². The molecule has 0 spiro atoms. The second-order valence-corrected chi connectivity index (χ2v) is 2.91. The molecule has 1 aromatic rings.